The maximum absolute atomic E-state index is 13.2. The van der Waals surface area contributed by atoms with Gasteiger partial charge in [-0.25, -0.2) is 4.39 Å². The molecule has 1 saturated carbocycles. The number of amides is 1. The molecular formula is C16H16FN5OS2. The van der Waals surface area contributed by atoms with E-state index < -0.39 is 5.54 Å². The van der Waals surface area contributed by atoms with Crippen LogP contribution in [0.25, 0.3) is 0 Å². The van der Waals surface area contributed by atoms with Crippen LogP contribution >= 0.6 is 23.1 Å². The zero-order chi connectivity index (χ0) is 17.7. The Hall–Kier alpha value is -2.18. The number of halogens is 1. The number of rotatable bonds is 6. The van der Waals surface area contributed by atoms with Crippen LogP contribution in [0.4, 0.5) is 15.2 Å². The lowest BCUT2D eigenvalue weighted by atomic mass is 10.0. The number of anilines is 2. The fraction of sp³-hybridized carbons (Fsp3) is 0.375. The molecule has 3 rings (SSSR count). The Morgan fingerprint density at radius 3 is 2.92 bits per heavy atom. The van der Waals surface area contributed by atoms with Crippen molar-refractivity contribution < 1.29 is 9.18 Å². The van der Waals surface area contributed by atoms with Crippen molar-refractivity contribution >= 4 is 39.8 Å². The molecule has 2 N–H and O–H groups in total. The molecule has 1 aliphatic carbocycles. The third-order valence-corrected chi connectivity index (χ3v) is 5.83. The van der Waals surface area contributed by atoms with Gasteiger partial charge in [-0.15, -0.1) is 10.2 Å². The van der Waals surface area contributed by atoms with E-state index in [0.29, 0.717) is 28.0 Å². The summed E-state index contributed by atoms with van der Waals surface area (Å²) in [6.45, 7) is 0. The van der Waals surface area contributed by atoms with E-state index in [2.05, 4.69) is 26.9 Å². The van der Waals surface area contributed by atoms with Crippen LogP contribution in [-0.4, -0.2) is 27.4 Å². The molecule has 0 unspecified atom stereocenters. The number of aromatic nitrogens is 2. The molecule has 0 bridgehead atoms. The predicted molar refractivity (Wildman–Crippen MR) is 95.3 cm³/mol. The first kappa shape index (κ1) is 17.6. The van der Waals surface area contributed by atoms with Gasteiger partial charge in [-0.1, -0.05) is 29.2 Å². The minimum atomic E-state index is -0.705. The van der Waals surface area contributed by atoms with Crippen molar-refractivity contribution in [3.8, 4) is 6.07 Å². The van der Waals surface area contributed by atoms with Gasteiger partial charge in [-0.2, -0.15) is 5.26 Å². The number of hydrogen-bond donors (Lipinski definition) is 2. The average molecular weight is 377 g/mol. The van der Waals surface area contributed by atoms with Crippen molar-refractivity contribution in [2.75, 3.05) is 11.1 Å². The molecule has 9 heteroatoms. The summed E-state index contributed by atoms with van der Waals surface area (Å²) in [6, 6.07) is 8.30. The number of nitrogens with one attached hydrogen (secondary N) is 2. The number of hydrogen-bond acceptors (Lipinski definition) is 7. The first-order valence-electron chi connectivity index (χ1n) is 7.80. The lowest BCUT2D eigenvalue weighted by Crippen LogP contribution is -2.45. The number of benzene rings is 1. The number of carbonyl (C=O) groups excluding carboxylic acids is 1. The van der Waals surface area contributed by atoms with Gasteiger partial charge in [0.15, 0.2) is 4.34 Å². The van der Waals surface area contributed by atoms with Gasteiger partial charge in [0.25, 0.3) is 0 Å². The van der Waals surface area contributed by atoms with Gasteiger partial charge in [-0.05, 0) is 43.9 Å². The van der Waals surface area contributed by atoms with Gasteiger partial charge in [0, 0.05) is 5.69 Å². The third kappa shape index (κ3) is 4.67. The molecule has 130 valence electrons. The normalized spacial score (nSPS) is 15.5. The zero-order valence-electron chi connectivity index (χ0n) is 13.3. The molecule has 25 heavy (non-hydrogen) atoms. The highest BCUT2D eigenvalue weighted by molar-refractivity contribution is 8.01. The van der Waals surface area contributed by atoms with E-state index in [-0.39, 0.29) is 17.5 Å². The van der Waals surface area contributed by atoms with Gasteiger partial charge in [0.2, 0.25) is 11.0 Å². The minimum absolute atomic E-state index is 0.178. The fourth-order valence-corrected chi connectivity index (χ4v) is 4.25. The van der Waals surface area contributed by atoms with Crippen molar-refractivity contribution in [3.05, 3.63) is 30.1 Å². The Bertz CT molecular complexity index is 798. The van der Waals surface area contributed by atoms with Gasteiger partial charge < -0.3 is 10.6 Å². The Morgan fingerprint density at radius 1 is 1.40 bits per heavy atom. The third-order valence-electron chi connectivity index (χ3n) is 3.86. The summed E-state index contributed by atoms with van der Waals surface area (Å²) in [5, 5.41) is 23.6. The van der Waals surface area contributed by atoms with Crippen LogP contribution < -0.4 is 10.6 Å². The van der Waals surface area contributed by atoms with Crippen LogP contribution in [0.5, 0.6) is 0 Å². The quantitative estimate of drug-likeness (QED) is 0.749. The van der Waals surface area contributed by atoms with Gasteiger partial charge in [0.1, 0.15) is 11.4 Å². The van der Waals surface area contributed by atoms with Crippen LogP contribution in [0.3, 0.4) is 0 Å². The SMILES string of the molecule is N#CC1(NC(=O)CSc2nnc(Nc3cccc(F)c3)s2)CCCC1. The van der Waals surface area contributed by atoms with E-state index in [9.17, 15) is 14.4 Å². The van der Waals surface area contributed by atoms with Crippen molar-refractivity contribution in [1.29, 1.82) is 5.26 Å². The molecule has 0 spiro atoms. The summed E-state index contributed by atoms with van der Waals surface area (Å²) < 4.78 is 13.8. The largest absolute Gasteiger partial charge is 0.337 e. The summed E-state index contributed by atoms with van der Waals surface area (Å²) in [4.78, 5) is 12.1. The summed E-state index contributed by atoms with van der Waals surface area (Å²) in [5.74, 6) is -0.333. The van der Waals surface area contributed by atoms with Crippen molar-refractivity contribution in [1.82, 2.24) is 15.5 Å². The summed E-state index contributed by atoms with van der Waals surface area (Å²) in [6.07, 6.45) is 3.35. The topological polar surface area (TPSA) is 90.7 Å². The molecule has 6 nitrogen and oxygen atoms in total. The number of thioether (sulfide) groups is 1. The molecule has 1 heterocycles. The van der Waals surface area contributed by atoms with E-state index >= 15 is 0 Å². The minimum Gasteiger partial charge on any atom is -0.337 e. The van der Waals surface area contributed by atoms with Crippen molar-refractivity contribution in [2.24, 2.45) is 0 Å². The number of carbonyl (C=O) groups is 1. The number of nitrogens with zero attached hydrogens (tertiary/aromatic N) is 3. The lowest BCUT2D eigenvalue weighted by Gasteiger charge is -2.21. The van der Waals surface area contributed by atoms with Gasteiger partial charge >= 0.3 is 0 Å². The highest BCUT2D eigenvalue weighted by Gasteiger charge is 2.35. The second-order valence-corrected chi connectivity index (χ2v) is 7.95. The van der Waals surface area contributed by atoms with Crippen LogP contribution in [-0.2, 0) is 4.79 Å². The molecule has 1 aromatic carbocycles. The van der Waals surface area contributed by atoms with Crippen molar-refractivity contribution in [3.63, 3.8) is 0 Å². The standard InChI is InChI=1S/C16H16FN5OS2/c17-11-4-3-5-12(8-11)19-14-21-22-15(25-14)24-9-13(23)20-16(10-18)6-1-2-7-16/h3-5,8H,1-2,6-7,9H2,(H,19,21)(H,20,23). The molecule has 1 aliphatic rings. The first-order chi connectivity index (χ1) is 12.1. The van der Waals surface area contributed by atoms with E-state index in [1.54, 1.807) is 12.1 Å². The fourth-order valence-electron chi connectivity index (χ4n) is 2.68. The van der Waals surface area contributed by atoms with E-state index in [0.717, 1.165) is 12.8 Å². The molecule has 1 fully saturated rings. The smallest absolute Gasteiger partial charge is 0.231 e. The first-order valence-corrected chi connectivity index (χ1v) is 9.60. The van der Waals surface area contributed by atoms with Crippen molar-refractivity contribution in [2.45, 2.75) is 35.6 Å². The van der Waals surface area contributed by atoms with Gasteiger partial charge in [0.05, 0.1) is 11.8 Å². The van der Waals surface area contributed by atoms with E-state index in [1.165, 1.54) is 35.2 Å². The summed E-state index contributed by atoms with van der Waals surface area (Å²) in [7, 11) is 0. The van der Waals surface area contributed by atoms with Crippen LogP contribution in [0, 0.1) is 17.1 Å². The van der Waals surface area contributed by atoms with E-state index in [1.807, 2.05) is 0 Å². The Labute approximate surface area is 152 Å². The predicted octanol–water partition coefficient (Wildman–Crippen LogP) is 3.47. The van der Waals surface area contributed by atoms with Crippen LogP contribution in [0.1, 0.15) is 25.7 Å². The second kappa shape index (κ2) is 7.80. The average Bonchev–Trinajstić information content (AvgIpc) is 3.23. The molecule has 0 aliphatic heterocycles. The molecule has 2 aromatic rings. The summed E-state index contributed by atoms with van der Waals surface area (Å²) >= 11 is 2.55. The molecule has 1 aromatic heterocycles. The van der Waals surface area contributed by atoms with Gasteiger partial charge in [-0.3, -0.25) is 4.79 Å². The highest BCUT2D eigenvalue weighted by atomic mass is 32.2. The maximum atomic E-state index is 13.2. The summed E-state index contributed by atoms with van der Waals surface area (Å²) in [5.41, 5.74) is -0.120. The Kier molecular flexibility index (Phi) is 5.50. The molecule has 1 amide bonds. The molecule has 0 radical (unpaired) electrons. The molecule has 0 atom stereocenters. The monoisotopic (exact) mass is 377 g/mol. The molecule has 0 saturated heterocycles. The van der Waals surface area contributed by atoms with E-state index in [4.69, 9.17) is 0 Å². The Balaban J connectivity index is 1.51. The van der Waals surface area contributed by atoms with Crippen LogP contribution in [0.2, 0.25) is 0 Å². The second-order valence-electron chi connectivity index (χ2n) is 5.75. The van der Waals surface area contributed by atoms with Crippen LogP contribution in [0.15, 0.2) is 28.6 Å². The zero-order valence-corrected chi connectivity index (χ0v) is 14.9. The number of nitriles is 1. The maximum Gasteiger partial charge on any atom is 0.231 e. The highest BCUT2D eigenvalue weighted by Crippen LogP contribution is 2.30. The Morgan fingerprint density at radius 2 is 2.20 bits per heavy atom. The molecular weight excluding hydrogens is 361 g/mol. The lowest BCUT2D eigenvalue weighted by molar-refractivity contribution is -0.119.